The van der Waals surface area contributed by atoms with Crippen LogP contribution in [0.5, 0.6) is 0 Å². The van der Waals surface area contributed by atoms with E-state index in [2.05, 4.69) is 58.8 Å². The minimum Gasteiger partial charge on any atom is -0.369 e. The van der Waals surface area contributed by atoms with Crippen molar-refractivity contribution in [3.63, 3.8) is 0 Å². The molecular formula is C23H24N4O2S2. The molecule has 0 unspecified atom stereocenters. The van der Waals surface area contributed by atoms with E-state index >= 15 is 0 Å². The number of hydrogen-bond acceptors (Lipinski definition) is 6. The van der Waals surface area contributed by atoms with Gasteiger partial charge in [-0.1, -0.05) is 50.2 Å². The molecule has 0 saturated heterocycles. The Morgan fingerprint density at radius 1 is 1.03 bits per heavy atom. The van der Waals surface area contributed by atoms with Gasteiger partial charge in [0.15, 0.2) is 0 Å². The van der Waals surface area contributed by atoms with Crippen LogP contribution >= 0.6 is 11.3 Å². The van der Waals surface area contributed by atoms with Crippen LogP contribution in [0.25, 0.3) is 21.3 Å². The Bertz CT molecular complexity index is 1300. The summed E-state index contributed by atoms with van der Waals surface area (Å²) in [5, 5.41) is 11.7. The van der Waals surface area contributed by atoms with Crippen LogP contribution in [0, 0.1) is 0 Å². The number of nitrogens with two attached hydrogens (primary N) is 1. The number of rotatable bonds is 7. The maximum atomic E-state index is 11.4. The number of sulfonamides is 1. The van der Waals surface area contributed by atoms with Crippen LogP contribution in [0.2, 0.25) is 0 Å². The first-order valence-electron chi connectivity index (χ1n) is 10.0. The van der Waals surface area contributed by atoms with Crippen molar-refractivity contribution in [1.29, 1.82) is 0 Å². The molecule has 0 saturated carbocycles. The molecule has 0 atom stereocenters. The van der Waals surface area contributed by atoms with Gasteiger partial charge in [0.2, 0.25) is 10.0 Å². The third kappa shape index (κ3) is 4.76. The molecule has 0 aliphatic carbocycles. The van der Waals surface area contributed by atoms with Crippen molar-refractivity contribution in [1.82, 2.24) is 9.97 Å². The first-order chi connectivity index (χ1) is 14.8. The molecule has 160 valence electrons. The molecule has 31 heavy (non-hydrogen) atoms. The number of nitrogens with zero attached hydrogens (tertiary/aromatic N) is 2. The van der Waals surface area contributed by atoms with Crippen LogP contribution < -0.4 is 10.5 Å². The van der Waals surface area contributed by atoms with Crippen molar-refractivity contribution < 1.29 is 8.42 Å². The van der Waals surface area contributed by atoms with Gasteiger partial charge in [-0.3, -0.25) is 0 Å². The van der Waals surface area contributed by atoms with E-state index in [0.29, 0.717) is 12.5 Å². The topological polar surface area (TPSA) is 98.0 Å². The number of fused-ring (bicyclic) bond motifs is 1. The van der Waals surface area contributed by atoms with Gasteiger partial charge < -0.3 is 5.32 Å². The fourth-order valence-corrected chi connectivity index (χ4v) is 4.87. The number of primary sulfonamides is 1. The van der Waals surface area contributed by atoms with E-state index in [1.54, 1.807) is 29.8 Å². The lowest BCUT2D eigenvalue weighted by Crippen LogP contribution is -2.12. The van der Waals surface area contributed by atoms with Gasteiger partial charge in [-0.05, 0) is 41.2 Å². The number of anilines is 1. The fourth-order valence-electron chi connectivity index (χ4n) is 3.44. The first-order valence-corrected chi connectivity index (χ1v) is 12.4. The lowest BCUT2D eigenvalue weighted by atomic mass is 9.99. The van der Waals surface area contributed by atoms with E-state index in [0.717, 1.165) is 39.1 Å². The highest BCUT2D eigenvalue weighted by Gasteiger charge is 2.13. The smallest absolute Gasteiger partial charge is 0.238 e. The highest BCUT2D eigenvalue weighted by Crippen LogP contribution is 2.36. The van der Waals surface area contributed by atoms with Crippen molar-refractivity contribution in [3.05, 3.63) is 71.4 Å². The van der Waals surface area contributed by atoms with Gasteiger partial charge in [-0.2, -0.15) is 0 Å². The third-order valence-corrected chi connectivity index (χ3v) is 7.03. The van der Waals surface area contributed by atoms with E-state index in [-0.39, 0.29) is 4.90 Å². The summed E-state index contributed by atoms with van der Waals surface area (Å²) in [6.45, 7) is 5.03. The Labute approximate surface area is 186 Å². The normalized spacial score (nSPS) is 11.9. The summed E-state index contributed by atoms with van der Waals surface area (Å²) in [7, 11) is -3.67. The molecule has 0 radical (unpaired) electrons. The monoisotopic (exact) mass is 452 g/mol. The molecule has 6 nitrogen and oxygen atoms in total. The Kier molecular flexibility index (Phi) is 6.04. The van der Waals surface area contributed by atoms with Gasteiger partial charge in [0, 0.05) is 17.5 Å². The van der Waals surface area contributed by atoms with E-state index in [9.17, 15) is 8.42 Å². The Hall–Kier alpha value is -2.81. The van der Waals surface area contributed by atoms with Crippen molar-refractivity contribution in [2.24, 2.45) is 5.14 Å². The lowest BCUT2D eigenvalue weighted by Gasteiger charge is -2.10. The Morgan fingerprint density at radius 2 is 1.74 bits per heavy atom. The molecule has 3 N–H and O–H groups in total. The quantitative estimate of drug-likeness (QED) is 0.420. The summed E-state index contributed by atoms with van der Waals surface area (Å²) in [4.78, 5) is 9.97. The minimum absolute atomic E-state index is 0.119. The first kappa shape index (κ1) is 21.4. The molecule has 0 spiro atoms. The van der Waals surface area contributed by atoms with Gasteiger partial charge in [0.25, 0.3) is 0 Å². The van der Waals surface area contributed by atoms with Crippen LogP contribution in [-0.2, 0) is 16.4 Å². The number of aromatic nitrogens is 2. The molecule has 2 aromatic carbocycles. The maximum absolute atomic E-state index is 11.4. The largest absolute Gasteiger partial charge is 0.369 e. The molecule has 2 heterocycles. The number of nitrogens with one attached hydrogen (secondary N) is 1. The van der Waals surface area contributed by atoms with E-state index in [1.807, 2.05) is 0 Å². The summed E-state index contributed by atoms with van der Waals surface area (Å²) in [5.41, 5.74) is 4.59. The lowest BCUT2D eigenvalue weighted by molar-refractivity contribution is 0.598. The molecule has 0 aliphatic heterocycles. The average molecular weight is 453 g/mol. The Morgan fingerprint density at radius 3 is 2.39 bits per heavy atom. The second kappa shape index (κ2) is 8.74. The van der Waals surface area contributed by atoms with Crippen LogP contribution in [0.3, 0.4) is 0 Å². The van der Waals surface area contributed by atoms with Crippen LogP contribution in [0.4, 0.5) is 5.82 Å². The summed E-state index contributed by atoms with van der Waals surface area (Å²) in [5.74, 6) is 1.29. The Balaban J connectivity index is 1.54. The standard InChI is InChI=1S/C23H24N4O2S2/c1-15(2)17-5-7-18(8-6-17)20-13-30-23-21(20)22(26-14-27-23)25-12-11-16-3-9-19(10-4-16)31(24,28)29/h3-10,13-15H,11-12H2,1-2H3,(H2,24,28,29)(H,25,26,27). The van der Waals surface area contributed by atoms with Crippen molar-refractivity contribution in [3.8, 4) is 11.1 Å². The molecule has 8 heteroatoms. The molecular weight excluding hydrogens is 428 g/mol. The molecule has 0 aliphatic rings. The third-order valence-electron chi connectivity index (χ3n) is 5.22. The zero-order chi connectivity index (χ0) is 22.0. The summed E-state index contributed by atoms with van der Waals surface area (Å²) in [6.07, 6.45) is 2.30. The zero-order valence-electron chi connectivity index (χ0n) is 17.4. The summed E-state index contributed by atoms with van der Waals surface area (Å²) < 4.78 is 22.8. The van der Waals surface area contributed by atoms with Crippen molar-refractivity contribution >= 4 is 37.4 Å². The van der Waals surface area contributed by atoms with E-state index in [4.69, 9.17) is 5.14 Å². The number of hydrogen-bond donors (Lipinski definition) is 2. The van der Waals surface area contributed by atoms with Gasteiger partial charge in [0.1, 0.15) is 17.0 Å². The molecule has 4 aromatic rings. The number of benzene rings is 2. The SMILES string of the molecule is CC(C)c1ccc(-c2csc3ncnc(NCCc4ccc(S(N)(=O)=O)cc4)c23)cc1. The molecule has 0 bridgehead atoms. The molecule has 0 amide bonds. The average Bonchev–Trinajstić information content (AvgIpc) is 3.19. The van der Waals surface area contributed by atoms with Crippen LogP contribution in [0.1, 0.15) is 30.9 Å². The van der Waals surface area contributed by atoms with Crippen molar-refractivity contribution in [2.75, 3.05) is 11.9 Å². The molecule has 0 fully saturated rings. The predicted octanol–water partition coefficient (Wildman–Crippen LogP) is 4.78. The van der Waals surface area contributed by atoms with Crippen LogP contribution in [-0.4, -0.2) is 24.9 Å². The van der Waals surface area contributed by atoms with Gasteiger partial charge in [-0.15, -0.1) is 11.3 Å². The highest BCUT2D eigenvalue weighted by molar-refractivity contribution is 7.89. The molecule has 4 rings (SSSR count). The zero-order valence-corrected chi connectivity index (χ0v) is 19.0. The van der Waals surface area contributed by atoms with E-state index < -0.39 is 10.0 Å². The predicted molar refractivity (Wildman–Crippen MR) is 127 cm³/mol. The summed E-state index contributed by atoms with van der Waals surface area (Å²) >= 11 is 1.61. The highest BCUT2D eigenvalue weighted by atomic mass is 32.2. The van der Waals surface area contributed by atoms with Gasteiger partial charge >= 0.3 is 0 Å². The van der Waals surface area contributed by atoms with Crippen LogP contribution in [0.15, 0.2) is 65.1 Å². The second-order valence-corrected chi connectivity index (χ2v) is 10.1. The minimum atomic E-state index is -3.67. The number of thiophene rings is 1. The maximum Gasteiger partial charge on any atom is 0.238 e. The summed E-state index contributed by atoms with van der Waals surface area (Å²) in [6, 6.07) is 15.3. The molecule has 2 aromatic heterocycles. The second-order valence-electron chi connectivity index (χ2n) is 7.69. The van der Waals surface area contributed by atoms with Gasteiger partial charge in [0.05, 0.1) is 10.3 Å². The van der Waals surface area contributed by atoms with Gasteiger partial charge in [-0.25, -0.2) is 23.5 Å². The fraction of sp³-hybridized carbons (Fsp3) is 0.217. The van der Waals surface area contributed by atoms with Crippen molar-refractivity contribution in [2.45, 2.75) is 31.1 Å². The van der Waals surface area contributed by atoms with E-state index in [1.165, 1.54) is 17.7 Å².